The SMILES string of the molecule is CCN1CCN(CCCN2CCC(NC(=O)c3cc(Cl)c(N)c4c3OC(C)(C)C4)C(OC)C2)C1=O. The van der Waals surface area contributed by atoms with Gasteiger partial charge in [0.1, 0.15) is 11.4 Å². The van der Waals surface area contributed by atoms with Crippen LogP contribution < -0.4 is 15.8 Å². The van der Waals surface area contributed by atoms with Crippen LogP contribution in [0, 0.1) is 0 Å². The van der Waals surface area contributed by atoms with Crippen molar-refractivity contribution < 1.29 is 19.1 Å². The van der Waals surface area contributed by atoms with E-state index < -0.39 is 5.60 Å². The summed E-state index contributed by atoms with van der Waals surface area (Å²) in [7, 11) is 1.68. The molecule has 2 atom stereocenters. The molecular formula is C25H38ClN5O4. The number of fused-ring (bicyclic) bond motifs is 1. The summed E-state index contributed by atoms with van der Waals surface area (Å²) >= 11 is 6.35. The summed E-state index contributed by atoms with van der Waals surface area (Å²) in [5, 5.41) is 3.52. The summed E-state index contributed by atoms with van der Waals surface area (Å²) in [6.07, 6.45) is 2.16. The highest BCUT2D eigenvalue weighted by atomic mass is 35.5. The molecule has 2 saturated heterocycles. The number of piperidine rings is 1. The number of urea groups is 1. The van der Waals surface area contributed by atoms with E-state index in [0.717, 1.165) is 64.2 Å². The van der Waals surface area contributed by atoms with Gasteiger partial charge in [-0.25, -0.2) is 4.79 Å². The van der Waals surface area contributed by atoms with Gasteiger partial charge in [0, 0.05) is 58.4 Å². The number of methoxy groups -OCH3 is 1. The number of carbonyl (C=O) groups is 2. The number of rotatable bonds is 8. The van der Waals surface area contributed by atoms with Crippen molar-refractivity contribution in [2.75, 3.05) is 58.7 Å². The molecule has 2 unspecified atom stereocenters. The summed E-state index contributed by atoms with van der Waals surface area (Å²) in [5.41, 5.74) is 7.42. The molecule has 1 aromatic carbocycles. The number of nitrogens with one attached hydrogen (secondary N) is 1. The molecule has 0 radical (unpaired) electrons. The number of anilines is 1. The predicted molar refractivity (Wildman–Crippen MR) is 136 cm³/mol. The van der Waals surface area contributed by atoms with Crippen LogP contribution in [0.25, 0.3) is 0 Å². The minimum atomic E-state index is -0.439. The third kappa shape index (κ3) is 5.47. The van der Waals surface area contributed by atoms with Crippen molar-refractivity contribution in [1.82, 2.24) is 20.0 Å². The molecule has 0 bridgehead atoms. The Labute approximate surface area is 212 Å². The fourth-order valence-electron chi connectivity index (χ4n) is 5.35. The number of nitrogen functional groups attached to an aromatic ring is 1. The van der Waals surface area contributed by atoms with Gasteiger partial charge in [-0.05, 0) is 46.2 Å². The van der Waals surface area contributed by atoms with Crippen LogP contribution in [0.1, 0.15) is 49.5 Å². The summed E-state index contributed by atoms with van der Waals surface area (Å²) in [6.45, 7) is 11.6. The number of nitrogens with two attached hydrogens (primary N) is 1. The smallest absolute Gasteiger partial charge is 0.320 e. The van der Waals surface area contributed by atoms with E-state index in [1.54, 1.807) is 13.2 Å². The minimum Gasteiger partial charge on any atom is -0.486 e. The number of nitrogens with zero attached hydrogens (tertiary/aromatic N) is 3. The van der Waals surface area contributed by atoms with Crippen LogP contribution in [-0.4, -0.2) is 97.3 Å². The van der Waals surface area contributed by atoms with E-state index >= 15 is 0 Å². The zero-order valence-electron chi connectivity index (χ0n) is 21.2. The summed E-state index contributed by atoms with van der Waals surface area (Å²) in [5.74, 6) is 0.299. The molecule has 3 N–H and O–H groups in total. The Bertz CT molecular complexity index is 972. The second kappa shape index (κ2) is 10.4. The second-order valence-electron chi connectivity index (χ2n) is 10.3. The maximum Gasteiger partial charge on any atom is 0.320 e. The van der Waals surface area contributed by atoms with E-state index in [-0.39, 0.29) is 24.1 Å². The highest BCUT2D eigenvalue weighted by Gasteiger charge is 2.37. The average molecular weight is 508 g/mol. The van der Waals surface area contributed by atoms with Gasteiger partial charge in [-0.3, -0.25) is 4.79 Å². The normalized spacial score (nSPS) is 24.0. The maximum atomic E-state index is 13.3. The van der Waals surface area contributed by atoms with Crippen molar-refractivity contribution in [2.24, 2.45) is 0 Å². The number of likely N-dealkylation sites (tertiary alicyclic amines) is 1. The standard InChI is InChI=1S/C25H38ClN5O4/c1-5-30-11-12-31(24(30)33)9-6-8-29-10-7-19(20(15-29)34-4)28-23(32)16-13-18(26)21(27)17-14-25(2,3)35-22(16)17/h13,19-20H,5-12,14-15,27H2,1-4H3,(H,28,32). The number of benzene rings is 1. The fourth-order valence-corrected chi connectivity index (χ4v) is 5.57. The second-order valence-corrected chi connectivity index (χ2v) is 10.7. The molecule has 9 nitrogen and oxygen atoms in total. The van der Waals surface area contributed by atoms with E-state index in [0.29, 0.717) is 28.4 Å². The fraction of sp³-hybridized carbons (Fsp3) is 0.680. The maximum absolute atomic E-state index is 13.3. The van der Waals surface area contributed by atoms with Gasteiger partial charge in [-0.15, -0.1) is 0 Å². The van der Waals surface area contributed by atoms with Crippen molar-refractivity contribution in [3.8, 4) is 5.75 Å². The number of halogens is 1. The van der Waals surface area contributed by atoms with Crippen LogP contribution in [0.5, 0.6) is 5.75 Å². The first kappa shape index (κ1) is 25.9. The first-order valence-electron chi connectivity index (χ1n) is 12.5. The zero-order chi connectivity index (χ0) is 25.3. The third-order valence-corrected chi connectivity index (χ3v) is 7.64. The largest absolute Gasteiger partial charge is 0.486 e. The molecule has 10 heteroatoms. The Morgan fingerprint density at radius 3 is 2.71 bits per heavy atom. The van der Waals surface area contributed by atoms with Crippen molar-refractivity contribution in [1.29, 1.82) is 0 Å². The molecule has 194 valence electrons. The zero-order valence-corrected chi connectivity index (χ0v) is 22.0. The van der Waals surface area contributed by atoms with E-state index in [1.165, 1.54) is 0 Å². The monoisotopic (exact) mass is 507 g/mol. The molecule has 1 aromatic rings. The molecular weight excluding hydrogens is 470 g/mol. The highest BCUT2D eigenvalue weighted by Crippen LogP contribution is 2.44. The van der Waals surface area contributed by atoms with Crippen LogP contribution in [-0.2, 0) is 11.2 Å². The molecule has 35 heavy (non-hydrogen) atoms. The molecule has 3 heterocycles. The topological polar surface area (TPSA) is 100 Å². The molecule has 3 amide bonds. The van der Waals surface area contributed by atoms with E-state index in [1.807, 2.05) is 30.6 Å². The molecule has 0 spiro atoms. The van der Waals surface area contributed by atoms with Crippen LogP contribution in [0.15, 0.2) is 6.07 Å². The summed E-state index contributed by atoms with van der Waals surface area (Å²) in [4.78, 5) is 31.7. The van der Waals surface area contributed by atoms with Crippen LogP contribution in [0.4, 0.5) is 10.5 Å². The van der Waals surface area contributed by atoms with Gasteiger partial charge in [0.2, 0.25) is 0 Å². The lowest BCUT2D eigenvalue weighted by Crippen LogP contribution is -2.55. The number of hydrogen-bond donors (Lipinski definition) is 2. The van der Waals surface area contributed by atoms with Gasteiger partial charge in [0.15, 0.2) is 0 Å². The number of ether oxygens (including phenoxy) is 2. The molecule has 3 aliphatic heterocycles. The predicted octanol–water partition coefficient (Wildman–Crippen LogP) is 2.60. The van der Waals surface area contributed by atoms with Gasteiger partial charge in [0.05, 0.1) is 28.4 Å². The first-order chi connectivity index (χ1) is 16.6. The number of likely N-dealkylation sites (N-methyl/N-ethyl adjacent to an activating group) is 1. The molecule has 0 aliphatic carbocycles. The molecule has 3 aliphatic rings. The van der Waals surface area contributed by atoms with Gasteiger partial charge in [0.25, 0.3) is 5.91 Å². The molecule has 0 saturated carbocycles. The van der Waals surface area contributed by atoms with Gasteiger partial charge in [-0.2, -0.15) is 0 Å². The van der Waals surface area contributed by atoms with Crippen LogP contribution in [0.3, 0.4) is 0 Å². The summed E-state index contributed by atoms with van der Waals surface area (Å²) in [6, 6.07) is 1.62. The Morgan fingerprint density at radius 1 is 1.29 bits per heavy atom. The average Bonchev–Trinajstić information content (AvgIpc) is 3.35. The van der Waals surface area contributed by atoms with Crippen molar-refractivity contribution >= 4 is 29.2 Å². The Hall–Kier alpha value is -2.23. The van der Waals surface area contributed by atoms with E-state index in [4.69, 9.17) is 26.8 Å². The quantitative estimate of drug-likeness (QED) is 0.525. The Kier molecular flexibility index (Phi) is 7.68. The third-order valence-electron chi connectivity index (χ3n) is 7.33. The molecule has 4 rings (SSSR count). The van der Waals surface area contributed by atoms with Gasteiger partial charge < -0.3 is 35.2 Å². The van der Waals surface area contributed by atoms with Crippen molar-refractivity contribution in [3.63, 3.8) is 0 Å². The minimum absolute atomic E-state index is 0.122. The highest BCUT2D eigenvalue weighted by molar-refractivity contribution is 6.33. The van der Waals surface area contributed by atoms with Gasteiger partial charge >= 0.3 is 6.03 Å². The van der Waals surface area contributed by atoms with Crippen LogP contribution in [0.2, 0.25) is 5.02 Å². The molecule has 0 aromatic heterocycles. The van der Waals surface area contributed by atoms with Crippen LogP contribution >= 0.6 is 11.6 Å². The first-order valence-corrected chi connectivity index (χ1v) is 12.9. The van der Waals surface area contributed by atoms with Crippen molar-refractivity contribution in [3.05, 3.63) is 22.2 Å². The Morgan fingerprint density at radius 2 is 2.03 bits per heavy atom. The van der Waals surface area contributed by atoms with E-state index in [2.05, 4.69) is 10.2 Å². The van der Waals surface area contributed by atoms with E-state index in [9.17, 15) is 9.59 Å². The Balaban J connectivity index is 1.33. The number of hydrogen-bond acceptors (Lipinski definition) is 6. The lowest BCUT2D eigenvalue weighted by atomic mass is 9.97. The molecule has 2 fully saturated rings. The number of carbonyl (C=O) groups excluding carboxylic acids is 2. The van der Waals surface area contributed by atoms with Gasteiger partial charge in [-0.1, -0.05) is 11.6 Å². The number of amides is 3. The lowest BCUT2D eigenvalue weighted by Gasteiger charge is -2.38. The summed E-state index contributed by atoms with van der Waals surface area (Å²) < 4.78 is 11.8. The lowest BCUT2D eigenvalue weighted by molar-refractivity contribution is 0.00572. The van der Waals surface area contributed by atoms with Crippen molar-refractivity contribution in [2.45, 2.75) is 57.8 Å².